The number of hydrogen-bond donors (Lipinski definition) is 0. The third-order valence-electron chi connectivity index (χ3n) is 2.02. The van der Waals surface area contributed by atoms with Crippen LogP contribution in [0.5, 0.6) is 5.75 Å². The maximum Gasteiger partial charge on any atom is 0.368 e. The van der Waals surface area contributed by atoms with Gasteiger partial charge < -0.3 is 4.74 Å². The number of nitrogens with zero attached hydrogens (tertiary/aromatic N) is 4. The van der Waals surface area contributed by atoms with E-state index in [0.29, 0.717) is 11.4 Å². The molecule has 0 aliphatic carbocycles. The molecule has 0 aliphatic heterocycles. The van der Waals surface area contributed by atoms with Gasteiger partial charge in [0.1, 0.15) is 5.75 Å². The first-order chi connectivity index (χ1) is 7.72. The van der Waals surface area contributed by atoms with E-state index >= 15 is 0 Å². The van der Waals surface area contributed by atoms with Gasteiger partial charge in [-0.15, -0.1) is 0 Å². The number of tetrazole rings is 1. The Morgan fingerprint density at radius 1 is 1.31 bits per heavy atom. The number of aryl methyl sites for hydroxylation is 1. The van der Waals surface area contributed by atoms with Crippen molar-refractivity contribution in [3.05, 3.63) is 34.7 Å². The van der Waals surface area contributed by atoms with E-state index in [4.69, 9.17) is 0 Å². The molecule has 0 aliphatic rings. The summed E-state index contributed by atoms with van der Waals surface area (Å²) in [6.07, 6.45) is 0. The summed E-state index contributed by atoms with van der Waals surface area (Å²) < 4.78 is 18.8. The maximum absolute atomic E-state index is 11.9. The first-order valence-electron chi connectivity index (χ1n) is 4.50. The highest BCUT2D eigenvalue weighted by Crippen LogP contribution is 2.13. The molecule has 0 N–H and O–H groups in total. The lowest BCUT2D eigenvalue weighted by Crippen LogP contribution is -2.21. The van der Waals surface area contributed by atoms with Crippen LogP contribution in [0.15, 0.2) is 29.1 Å². The second-order valence-electron chi connectivity index (χ2n) is 3.04. The Balaban J connectivity index is 2.35. The number of rotatable bonds is 3. The molecule has 0 saturated carbocycles. The Morgan fingerprint density at radius 3 is 2.50 bits per heavy atom. The number of hydrogen-bond acceptors (Lipinski definition) is 4. The Bertz CT molecular complexity index is 531. The van der Waals surface area contributed by atoms with E-state index in [-0.39, 0.29) is 5.69 Å². The zero-order valence-electron chi connectivity index (χ0n) is 8.50. The van der Waals surface area contributed by atoms with Crippen molar-refractivity contribution in [1.29, 1.82) is 0 Å². The maximum atomic E-state index is 11.9. The average Bonchev–Trinajstić information content (AvgIpc) is 2.62. The van der Waals surface area contributed by atoms with Gasteiger partial charge in [0, 0.05) is 7.05 Å². The summed E-state index contributed by atoms with van der Waals surface area (Å²) in [6, 6.07) is 6.30. The fraction of sp³-hybridized carbons (Fsp3) is 0.222. The molecule has 7 heteroatoms. The van der Waals surface area contributed by atoms with Gasteiger partial charge in [0.2, 0.25) is 6.86 Å². The largest absolute Gasteiger partial charge is 0.463 e. The fourth-order valence-electron chi connectivity index (χ4n) is 1.22. The highest BCUT2D eigenvalue weighted by atomic mass is 19.1. The van der Waals surface area contributed by atoms with Gasteiger partial charge in [0.05, 0.1) is 5.69 Å². The summed E-state index contributed by atoms with van der Waals surface area (Å²) in [4.78, 5) is 11.5. The molecule has 0 spiro atoms. The van der Waals surface area contributed by atoms with E-state index in [1.807, 2.05) is 0 Å². The summed E-state index contributed by atoms with van der Waals surface area (Å²) in [5.41, 5.74) is 0.198. The number of halogens is 1. The summed E-state index contributed by atoms with van der Waals surface area (Å²) >= 11 is 0. The van der Waals surface area contributed by atoms with Crippen molar-refractivity contribution in [3.63, 3.8) is 0 Å². The van der Waals surface area contributed by atoms with E-state index in [9.17, 15) is 9.18 Å². The van der Waals surface area contributed by atoms with Crippen LogP contribution in [0.1, 0.15) is 0 Å². The van der Waals surface area contributed by atoms with Crippen LogP contribution in [0.3, 0.4) is 0 Å². The van der Waals surface area contributed by atoms with Gasteiger partial charge >= 0.3 is 5.69 Å². The normalized spacial score (nSPS) is 10.4. The quantitative estimate of drug-likeness (QED) is 0.750. The van der Waals surface area contributed by atoms with Crippen molar-refractivity contribution < 1.29 is 9.13 Å². The molecule has 0 radical (unpaired) electrons. The summed E-state index contributed by atoms with van der Waals surface area (Å²) in [6.45, 7) is -0.884. The molecule has 1 aromatic carbocycles. The van der Waals surface area contributed by atoms with Crippen LogP contribution in [0.2, 0.25) is 0 Å². The summed E-state index contributed by atoms with van der Waals surface area (Å²) in [7, 11) is 1.51. The predicted octanol–water partition coefficient (Wildman–Crippen LogP) is 0.272. The minimum atomic E-state index is -0.884. The van der Waals surface area contributed by atoms with Crippen LogP contribution < -0.4 is 10.4 Å². The van der Waals surface area contributed by atoms with Gasteiger partial charge in [-0.3, -0.25) is 0 Å². The molecular weight excluding hydrogens is 215 g/mol. The van der Waals surface area contributed by atoms with Crippen molar-refractivity contribution in [3.8, 4) is 11.4 Å². The van der Waals surface area contributed by atoms with E-state index in [1.54, 1.807) is 24.3 Å². The zero-order chi connectivity index (χ0) is 11.5. The first-order valence-corrected chi connectivity index (χ1v) is 4.50. The Labute approximate surface area is 89.9 Å². The minimum Gasteiger partial charge on any atom is -0.463 e. The monoisotopic (exact) mass is 224 g/mol. The molecule has 0 unspecified atom stereocenters. The molecular formula is C9H9FN4O2. The van der Waals surface area contributed by atoms with Crippen LogP contribution in [-0.4, -0.2) is 26.7 Å². The second-order valence-corrected chi connectivity index (χ2v) is 3.04. The van der Waals surface area contributed by atoms with Crippen molar-refractivity contribution in [2.75, 3.05) is 6.86 Å². The summed E-state index contributed by atoms with van der Waals surface area (Å²) in [5.74, 6) is 0.392. The van der Waals surface area contributed by atoms with Crippen molar-refractivity contribution in [1.82, 2.24) is 19.8 Å². The van der Waals surface area contributed by atoms with Crippen LogP contribution in [0.25, 0.3) is 5.69 Å². The molecule has 1 heterocycles. The van der Waals surface area contributed by atoms with Crippen LogP contribution in [-0.2, 0) is 7.05 Å². The van der Waals surface area contributed by atoms with Gasteiger partial charge in [-0.1, -0.05) is 0 Å². The average molecular weight is 224 g/mol. The topological polar surface area (TPSA) is 61.9 Å². The summed E-state index contributed by atoms with van der Waals surface area (Å²) in [5, 5.41) is 7.24. The van der Waals surface area contributed by atoms with E-state index in [1.165, 1.54) is 7.05 Å². The third-order valence-corrected chi connectivity index (χ3v) is 2.02. The number of alkyl halides is 1. The molecule has 6 nitrogen and oxygen atoms in total. The Kier molecular flexibility index (Phi) is 2.67. The molecule has 2 aromatic rings. The lowest BCUT2D eigenvalue weighted by Gasteiger charge is -2.01. The molecule has 16 heavy (non-hydrogen) atoms. The molecule has 0 saturated heterocycles. The van der Waals surface area contributed by atoms with E-state index in [2.05, 4.69) is 15.2 Å². The molecule has 0 bridgehead atoms. The third kappa shape index (κ3) is 1.79. The number of ether oxygens (including phenoxy) is 1. The molecule has 1 aromatic heterocycles. The zero-order valence-corrected chi connectivity index (χ0v) is 8.50. The van der Waals surface area contributed by atoms with Crippen molar-refractivity contribution >= 4 is 0 Å². The minimum absolute atomic E-state index is 0.348. The van der Waals surface area contributed by atoms with Crippen LogP contribution in [0.4, 0.5) is 4.39 Å². The molecule has 0 fully saturated rings. The van der Waals surface area contributed by atoms with E-state index < -0.39 is 6.86 Å². The lowest BCUT2D eigenvalue weighted by molar-refractivity contribution is 0.192. The number of benzene rings is 1. The SMILES string of the molecule is Cn1nnn(-c2ccc(OCF)cc2)c1=O. The highest BCUT2D eigenvalue weighted by Gasteiger charge is 2.05. The predicted molar refractivity (Wildman–Crippen MR) is 53.2 cm³/mol. The van der Waals surface area contributed by atoms with Crippen LogP contribution in [0, 0.1) is 0 Å². The standard InChI is InChI=1S/C9H9FN4O2/c1-13-9(15)14(12-11-13)7-2-4-8(5-3-7)16-6-10/h2-5H,6H2,1H3. The smallest absolute Gasteiger partial charge is 0.368 e. The molecule has 2 rings (SSSR count). The van der Waals surface area contributed by atoms with Gasteiger partial charge in [0.25, 0.3) is 0 Å². The lowest BCUT2D eigenvalue weighted by atomic mass is 10.3. The van der Waals surface area contributed by atoms with Crippen LogP contribution >= 0.6 is 0 Å². The van der Waals surface area contributed by atoms with Gasteiger partial charge in [-0.05, 0) is 34.7 Å². The number of aromatic nitrogens is 4. The van der Waals surface area contributed by atoms with E-state index in [0.717, 1.165) is 9.36 Å². The van der Waals surface area contributed by atoms with Crippen molar-refractivity contribution in [2.45, 2.75) is 0 Å². The second kappa shape index (κ2) is 4.13. The van der Waals surface area contributed by atoms with Gasteiger partial charge in [-0.2, -0.15) is 9.36 Å². The molecule has 0 amide bonds. The van der Waals surface area contributed by atoms with Gasteiger partial charge in [-0.25, -0.2) is 9.18 Å². The van der Waals surface area contributed by atoms with Crippen molar-refractivity contribution in [2.24, 2.45) is 7.05 Å². The highest BCUT2D eigenvalue weighted by molar-refractivity contribution is 5.36. The fourth-order valence-corrected chi connectivity index (χ4v) is 1.22. The Hall–Kier alpha value is -2.18. The molecule has 84 valence electrons. The van der Waals surface area contributed by atoms with Gasteiger partial charge in [0.15, 0.2) is 0 Å². The molecule has 0 atom stereocenters. The Morgan fingerprint density at radius 2 is 2.00 bits per heavy atom. The first kappa shape index (κ1) is 10.3.